The minimum Gasteiger partial charge on any atom is -0.488 e. The SMILES string of the molecule is C=CC1C[C@]1(NC(=O)[C@@H]1C[C@@H](Oc2cc(-c3ccccc3)nc3ccc(C)cc23)CN1C(=O)[C@@H](CC(=O)N1CCCCC1)C(C)(C)C)C(=O)NS(=O)(=O)C1CC1. The first-order valence-electron chi connectivity index (χ1n) is 19.8. The van der Waals surface area contributed by atoms with Crippen molar-refractivity contribution >= 4 is 44.6 Å². The molecule has 2 aromatic carbocycles. The molecular formula is C43H53N5O7S. The molecule has 7 rings (SSSR count). The van der Waals surface area contributed by atoms with Crippen molar-refractivity contribution in [1.82, 2.24) is 24.8 Å². The lowest BCUT2D eigenvalue weighted by Gasteiger charge is -2.36. The molecule has 2 saturated carbocycles. The van der Waals surface area contributed by atoms with E-state index in [1.54, 1.807) is 0 Å². The first-order chi connectivity index (χ1) is 26.6. The third-order valence-corrected chi connectivity index (χ3v) is 13.6. The van der Waals surface area contributed by atoms with Crippen molar-refractivity contribution < 1.29 is 32.3 Å². The minimum atomic E-state index is -3.89. The number of likely N-dealkylation sites (tertiary alicyclic amines) is 2. The number of rotatable bonds is 12. The summed E-state index contributed by atoms with van der Waals surface area (Å²) in [5.74, 6) is -2.52. The normalized spacial score (nSPS) is 24.3. The summed E-state index contributed by atoms with van der Waals surface area (Å²) >= 11 is 0. The van der Waals surface area contributed by atoms with Crippen molar-refractivity contribution in [3.05, 3.63) is 72.8 Å². The summed E-state index contributed by atoms with van der Waals surface area (Å²) in [6, 6.07) is 16.5. The van der Waals surface area contributed by atoms with Crippen LogP contribution in [0.3, 0.4) is 0 Å². The fourth-order valence-electron chi connectivity index (χ4n) is 8.15. The van der Waals surface area contributed by atoms with Crippen molar-refractivity contribution in [3.63, 3.8) is 0 Å². The van der Waals surface area contributed by atoms with Crippen LogP contribution in [0.4, 0.5) is 0 Å². The molecule has 0 bridgehead atoms. The van der Waals surface area contributed by atoms with Gasteiger partial charge in [-0.15, -0.1) is 6.58 Å². The monoisotopic (exact) mass is 783 g/mol. The van der Waals surface area contributed by atoms with Crippen LogP contribution in [0.15, 0.2) is 67.3 Å². The Labute approximate surface area is 329 Å². The quantitative estimate of drug-likeness (QED) is 0.235. The molecule has 0 radical (unpaired) electrons. The highest BCUT2D eigenvalue weighted by molar-refractivity contribution is 7.91. The molecule has 1 aromatic heterocycles. The van der Waals surface area contributed by atoms with E-state index in [4.69, 9.17) is 9.72 Å². The van der Waals surface area contributed by atoms with Gasteiger partial charge in [-0.1, -0.05) is 68.8 Å². The van der Waals surface area contributed by atoms with Gasteiger partial charge in [-0.25, -0.2) is 13.4 Å². The number of sulfonamides is 1. The van der Waals surface area contributed by atoms with Crippen molar-refractivity contribution in [2.75, 3.05) is 19.6 Å². The second-order valence-electron chi connectivity index (χ2n) is 17.1. The number of pyridine rings is 1. The molecule has 0 spiro atoms. The van der Waals surface area contributed by atoms with E-state index in [1.807, 2.05) is 87.2 Å². The molecule has 298 valence electrons. The highest BCUT2D eigenvalue weighted by Crippen LogP contribution is 2.46. The summed E-state index contributed by atoms with van der Waals surface area (Å²) in [6.07, 6.45) is 5.02. The van der Waals surface area contributed by atoms with Crippen LogP contribution in [0.5, 0.6) is 5.75 Å². The molecule has 3 heterocycles. The standard InChI is InChI=1S/C43H53N5O7S/c1-6-29-25-43(29,41(52)46-56(53,54)31-16-17-31)45-39(50)36-22-30(26-48(36)40(51)33(42(3,4)5)23-38(49)47-19-11-8-12-20-47)55-37-24-35(28-13-9-7-10-14-28)44-34-18-15-27(2)21-32(34)37/h6-7,9-10,13-15,18,21,24,29-31,33,36H,1,8,11-12,16-17,19-20,22-23,25-26H2,2-5H3,(H,45,50)(H,46,52)/t29?,30-,33-,36+,43-/m1/s1. The van der Waals surface area contributed by atoms with Gasteiger partial charge in [-0.2, -0.15) is 0 Å². The number of piperidine rings is 1. The maximum absolute atomic E-state index is 14.9. The van der Waals surface area contributed by atoms with Crippen LogP contribution in [0.2, 0.25) is 0 Å². The van der Waals surface area contributed by atoms with E-state index in [-0.39, 0.29) is 37.6 Å². The lowest BCUT2D eigenvalue weighted by Crippen LogP contribution is -2.57. The van der Waals surface area contributed by atoms with Gasteiger partial charge in [0.25, 0.3) is 5.91 Å². The molecule has 3 aromatic rings. The Hall–Kier alpha value is -4.78. The van der Waals surface area contributed by atoms with Crippen molar-refractivity contribution in [2.45, 2.75) is 102 Å². The number of amides is 4. The van der Waals surface area contributed by atoms with Gasteiger partial charge in [0.05, 0.1) is 28.9 Å². The summed E-state index contributed by atoms with van der Waals surface area (Å²) < 4.78 is 34.6. The highest BCUT2D eigenvalue weighted by atomic mass is 32.2. The molecule has 2 aliphatic heterocycles. The molecule has 13 heteroatoms. The van der Waals surface area contributed by atoms with Crippen LogP contribution in [-0.2, 0) is 29.2 Å². The molecular weight excluding hydrogens is 731 g/mol. The number of nitrogens with one attached hydrogen (secondary N) is 2. The maximum atomic E-state index is 14.9. The zero-order valence-corrected chi connectivity index (χ0v) is 33.6. The van der Waals surface area contributed by atoms with Gasteiger partial charge in [-0.3, -0.25) is 23.9 Å². The topological polar surface area (TPSA) is 155 Å². The molecule has 2 aliphatic carbocycles. The fourth-order valence-corrected chi connectivity index (χ4v) is 9.51. The Balaban J connectivity index is 1.21. The van der Waals surface area contributed by atoms with E-state index in [2.05, 4.69) is 16.6 Å². The second kappa shape index (κ2) is 15.3. The first-order valence-corrected chi connectivity index (χ1v) is 21.4. The zero-order valence-electron chi connectivity index (χ0n) is 32.8. The summed E-state index contributed by atoms with van der Waals surface area (Å²) in [6.45, 7) is 12.9. The van der Waals surface area contributed by atoms with Crippen LogP contribution >= 0.6 is 0 Å². The summed E-state index contributed by atoms with van der Waals surface area (Å²) in [5.41, 5.74) is 1.20. The van der Waals surface area contributed by atoms with Gasteiger partial charge >= 0.3 is 0 Å². The Morgan fingerprint density at radius 1 is 1.04 bits per heavy atom. The molecule has 12 nitrogen and oxygen atoms in total. The molecule has 4 amide bonds. The van der Waals surface area contributed by atoms with Crippen LogP contribution in [0, 0.1) is 24.2 Å². The lowest BCUT2D eigenvalue weighted by molar-refractivity contribution is -0.148. The molecule has 5 atom stereocenters. The predicted molar refractivity (Wildman–Crippen MR) is 214 cm³/mol. The van der Waals surface area contributed by atoms with E-state index in [1.165, 1.54) is 11.0 Å². The Morgan fingerprint density at radius 3 is 2.39 bits per heavy atom. The van der Waals surface area contributed by atoms with Crippen molar-refractivity contribution in [2.24, 2.45) is 17.3 Å². The number of carbonyl (C=O) groups excluding carboxylic acids is 4. The number of benzene rings is 2. The second-order valence-corrected chi connectivity index (χ2v) is 19.1. The van der Waals surface area contributed by atoms with E-state index in [9.17, 15) is 27.6 Å². The zero-order chi connectivity index (χ0) is 40.0. The Morgan fingerprint density at radius 2 is 1.75 bits per heavy atom. The van der Waals surface area contributed by atoms with Crippen LogP contribution in [0.1, 0.15) is 77.7 Å². The fraction of sp³-hybridized carbons (Fsp3) is 0.512. The lowest BCUT2D eigenvalue weighted by atomic mass is 9.77. The first kappa shape index (κ1) is 39.5. The van der Waals surface area contributed by atoms with Gasteiger partial charge in [0, 0.05) is 48.9 Å². The minimum absolute atomic E-state index is 0.00267. The van der Waals surface area contributed by atoms with Gasteiger partial charge < -0.3 is 19.9 Å². The molecule has 2 N–H and O–H groups in total. The van der Waals surface area contributed by atoms with Gasteiger partial charge in [-0.05, 0) is 63.0 Å². The van der Waals surface area contributed by atoms with Crippen molar-refractivity contribution in [1.29, 1.82) is 0 Å². The molecule has 56 heavy (non-hydrogen) atoms. The van der Waals surface area contributed by atoms with Crippen LogP contribution in [-0.4, -0.2) is 89.4 Å². The average molecular weight is 784 g/mol. The van der Waals surface area contributed by atoms with Gasteiger partial charge in [0.1, 0.15) is 23.4 Å². The number of aryl methyl sites for hydroxylation is 1. The summed E-state index contributed by atoms with van der Waals surface area (Å²) in [7, 11) is -3.89. The molecule has 4 aliphatic rings. The molecule has 4 fully saturated rings. The van der Waals surface area contributed by atoms with Gasteiger partial charge in [0.2, 0.25) is 27.7 Å². The van der Waals surface area contributed by atoms with E-state index in [0.717, 1.165) is 41.3 Å². The third kappa shape index (κ3) is 8.19. The maximum Gasteiger partial charge on any atom is 0.259 e. The smallest absolute Gasteiger partial charge is 0.259 e. The summed E-state index contributed by atoms with van der Waals surface area (Å²) in [4.78, 5) is 64.9. The van der Waals surface area contributed by atoms with Crippen LogP contribution in [0.25, 0.3) is 22.2 Å². The number of fused-ring (bicyclic) bond motifs is 1. The van der Waals surface area contributed by atoms with E-state index >= 15 is 0 Å². The number of hydrogen-bond donors (Lipinski definition) is 2. The van der Waals surface area contributed by atoms with Crippen molar-refractivity contribution in [3.8, 4) is 17.0 Å². The number of aromatic nitrogens is 1. The number of carbonyl (C=O) groups is 4. The predicted octanol–water partition coefficient (Wildman–Crippen LogP) is 5.29. The Kier molecular flexibility index (Phi) is 10.8. The number of ether oxygens (including phenoxy) is 1. The van der Waals surface area contributed by atoms with Crippen LogP contribution < -0.4 is 14.8 Å². The van der Waals surface area contributed by atoms with Gasteiger partial charge in [0.15, 0.2) is 0 Å². The van der Waals surface area contributed by atoms with E-state index in [0.29, 0.717) is 37.4 Å². The largest absolute Gasteiger partial charge is 0.488 e. The average Bonchev–Trinajstić information content (AvgIpc) is 4.10. The Bertz CT molecular complexity index is 2140. The molecule has 2 saturated heterocycles. The third-order valence-electron chi connectivity index (χ3n) is 11.8. The highest BCUT2D eigenvalue weighted by Gasteiger charge is 2.62. The van der Waals surface area contributed by atoms with E-state index < -0.39 is 62.0 Å². The molecule has 1 unspecified atom stereocenters. The number of hydrogen-bond acceptors (Lipinski definition) is 8. The number of nitrogens with zero attached hydrogens (tertiary/aromatic N) is 3. The summed E-state index contributed by atoms with van der Waals surface area (Å²) in [5, 5.41) is 3.04.